The summed E-state index contributed by atoms with van der Waals surface area (Å²) in [7, 11) is 1.59. The van der Waals surface area contributed by atoms with Crippen LogP contribution < -0.4 is 16.3 Å². The number of rotatable bonds is 1. The van der Waals surface area contributed by atoms with Gasteiger partial charge in [0.15, 0.2) is 11.2 Å². The lowest BCUT2D eigenvalue weighted by Crippen LogP contribution is -2.31. The Morgan fingerprint density at radius 2 is 2.11 bits per heavy atom. The number of hydrazone groups is 1. The van der Waals surface area contributed by atoms with Gasteiger partial charge in [-0.1, -0.05) is 0 Å². The number of aryl methyl sites for hydroxylation is 1. The number of imidazole rings is 1. The standard InChI is InChI=1S/C11H14N6O2/c1-4-17-10-12-8-7(16(10)5-6(2)14-17)9(18)13-11(19)15(8)3/h4-5H2,1-3H3,(H,13,18,19). The Hall–Kier alpha value is -2.38. The number of nitrogens with zero attached hydrogens (tertiary/aromatic N) is 5. The van der Waals surface area contributed by atoms with Crippen molar-refractivity contribution in [2.45, 2.75) is 20.4 Å². The van der Waals surface area contributed by atoms with E-state index >= 15 is 0 Å². The van der Waals surface area contributed by atoms with Gasteiger partial charge in [-0.25, -0.2) is 9.80 Å². The van der Waals surface area contributed by atoms with Crippen molar-refractivity contribution in [1.82, 2.24) is 19.1 Å². The van der Waals surface area contributed by atoms with Crippen molar-refractivity contribution in [3.8, 4) is 0 Å². The van der Waals surface area contributed by atoms with E-state index in [0.29, 0.717) is 30.2 Å². The Kier molecular flexibility index (Phi) is 2.34. The van der Waals surface area contributed by atoms with Crippen LogP contribution in [0.1, 0.15) is 13.8 Å². The van der Waals surface area contributed by atoms with E-state index < -0.39 is 11.2 Å². The van der Waals surface area contributed by atoms with Crippen molar-refractivity contribution in [2.75, 3.05) is 11.6 Å². The lowest BCUT2D eigenvalue weighted by Gasteiger charge is -2.23. The zero-order valence-electron chi connectivity index (χ0n) is 11.0. The number of anilines is 1. The zero-order valence-corrected chi connectivity index (χ0v) is 11.0. The minimum absolute atomic E-state index is 0.382. The number of fused-ring (bicyclic) bond motifs is 3. The molecule has 1 aliphatic heterocycles. The number of aromatic nitrogens is 4. The molecule has 2 aromatic rings. The van der Waals surface area contributed by atoms with Crippen LogP contribution in [-0.2, 0) is 13.6 Å². The van der Waals surface area contributed by atoms with Gasteiger partial charge in [0.25, 0.3) is 5.56 Å². The fourth-order valence-electron chi connectivity index (χ4n) is 2.29. The van der Waals surface area contributed by atoms with E-state index in [4.69, 9.17) is 0 Å². The van der Waals surface area contributed by atoms with Gasteiger partial charge in [-0.15, -0.1) is 0 Å². The average molecular weight is 262 g/mol. The molecule has 0 saturated heterocycles. The van der Waals surface area contributed by atoms with Gasteiger partial charge in [-0.2, -0.15) is 10.1 Å². The van der Waals surface area contributed by atoms with Gasteiger partial charge in [0.1, 0.15) is 0 Å². The molecule has 0 amide bonds. The van der Waals surface area contributed by atoms with Crippen LogP contribution >= 0.6 is 0 Å². The summed E-state index contributed by atoms with van der Waals surface area (Å²) in [5.41, 5.74) is 0.801. The Bertz CT molecular complexity index is 809. The van der Waals surface area contributed by atoms with Crippen molar-refractivity contribution in [1.29, 1.82) is 0 Å². The number of aromatic amines is 1. The van der Waals surface area contributed by atoms with Crippen molar-refractivity contribution >= 4 is 22.8 Å². The summed E-state index contributed by atoms with van der Waals surface area (Å²) >= 11 is 0. The maximum Gasteiger partial charge on any atom is 0.329 e. The SMILES string of the molecule is CCN1N=C(C)Cn2c1nc1c2c(=O)[nH]c(=O)n1C. The van der Waals surface area contributed by atoms with Gasteiger partial charge >= 0.3 is 5.69 Å². The van der Waals surface area contributed by atoms with Crippen LogP contribution in [0.4, 0.5) is 5.95 Å². The summed E-state index contributed by atoms with van der Waals surface area (Å²) in [6, 6.07) is 0. The van der Waals surface area contributed by atoms with Gasteiger partial charge in [0, 0.05) is 13.6 Å². The van der Waals surface area contributed by atoms with Gasteiger partial charge in [-0.05, 0) is 13.8 Å². The number of hydrogen-bond acceptors (Lipinski definition) is 5. The minimum atomic E-state index is -0.464. The molecule has 3 rings (SSSR count). The molecule has 100 valence electrons. The van der Waals surface area contributed by atoms with E-state index in [0.717, 1.165) is 5.71 Å². The maximum atomic E-state index is 12.0. The number of hydrogen-bond donors (Lipinski definition) is 1. The molecule has 0 unspecified atom stereocenters. The third kappa shape index (κ3) is 1.52. The van der Waals surface area contributed by atoms with Gasteiger partial charge in [0.05, 0.1) is 12.3 Å². The van der Waals surface area contributed by atoms with Crippen LogP contribution in [0.25, 0.3) is 11.2 Å². The van der Waals surface area contributed by atoms with E-state index in [1.807, 2.05) is 13.8 Å². The van der Waals surface area contributed by atoms with Gasteiger partial charge in [-0.3, -0.25) is 18.9 Å². The molecule has 0 bridgehead atoms. The van der Waals surface area contributed by atoms with E-state index in [-0.39, 0.29) is 0 Å². The smallest absolute Gasteiger partial charge is 0.297 e. The summed E-state index contributed by atoms with van der Waals surface area (Å²) < 4.78 is 3.13. The monoisotopic (exact) mass is 262 g/mol. The lowest BCUT2D eigenvalue weighted by atomic mass is 10.4. The third-order valence-electron chi connectivity index (χ3n) is 3.20. The van der Waals surface area contributed by atoms with Crippen molar-refractivity contribution in [2.24, 2.45) is 12.1 Å². The van der Waals surface area contributed by atoms with E-state index in [1.165, 1.54) is 4.57 Å². The fourth-order valence-corrected chi connectivity index (χ4v) is 2.29. The van der Waals surface area contributed by atoms with Crippen LogP contribution in [0, 0.1) is 0 Å². The predicted molar refractivity (Wildman–Crippen MR) is 71.7 cm³/mol. The largest absolute Gasteiger partial charge is 0.329 e. The molecule has 0 fully saturated rings. The molecule has 19 heavy (non-hydrogen) atoms. The second-order valence-corrected chi connectivity index (χ2v) is 4.54. The fraction of sp³-hybridized carbons (Fsp3) is 0.455. The van der Waals surface area contributed by atoms with Gasteiger partial charge < -0.3 is 0 Å². The van der Waals surface area contributed by atoms with E-state index in [9.17, 15) is 9.59 Å². The summed E-state index contributed by atoms with van der Waals surface area (Å²) in [5.74, 6) is 0.592. The van der Waals surface area contributed by atoms with E-state index in [2.05, 4.69) is 15.1 Å². The molecule has 1 aliphatic rings. The molecule has 0 aromatic carbocycles. The van der Waals surface area contributed by atoms with Crippen LogP contribution in [0.15, 0.2) is 14.7 Å². The Morgan fingerprint density at radius 3 is 2.79 bits per heavy atom. The van der Waals surface area contributed by atoms with Crippen LogP contribution in [-0.4, -0.2) is 31.4 Å². The van der Waals surface area contributed by atoms with E-state index in [1.54, 1.807) is 16.6 Å². The highest BCUT2D eigenvalue weighted by atomic mass is 16.2. The molecule has 0 aliphatic carbocycles. The first-order valence-electron chi connectivity index (χ1n) is 6.04. The summed E-state index contributed by atoms with van der Waals surface area (Å²) in [6.07, 6.45) is 0. The normalized spacial score (nSPS) is 14.7. The third-order valence-corrected chi connectivity index (χ3v) is 3.20. The molecule has 8 nitrogen and oxygen atoms in total. The Morgan fingerprint density at radius 1 is 1.37 bits per heavy atom. The Balaban J connectivity index is 2.43. The molecule has 0 saturated carbocycles. The molecule has 1 N–H and O–H groups in total. The molecule has 0 radical (unpaired) electrons. The first kappa shape index (κ1) is 11.7. The molecular formula is C11H14N6O2. The van der Waals surface area contributed by atoms with Crippen LogP contribution in [0.2, 0.25) is 0 Å². The molecule has 8 heteroatoms. The second kappa shape index (κ2) is 3.81. The highest BCUT2D eigenvalue weighted by Gasteiger charge is 2.24. The first-order valence-corrected chi connectivity index (χ1v) is 6.04. The van der Waals surface area contributed by atoms with Crippen molar-refractivity contribution in [3.05, 3.63) is 20.8 Å². The second-order valence-electron chi connectivity index (χ2n) is 4.54. The van der Waals surface area contributed by atoms with Crippen molar-refractivity contribution < 1.29 is 0 Å². The van der Waals surface area contributed by atoms with Crippen LogP contribution in [0.3, 0.4) is 0 Å². The molecule has 2 aromatic heterocycles. The highest BCUT2D eigenvalue weighted by Crippen LogP contribution is 2.22. The average Bonchev–Trinajstić information content (AvgIpc) is 2.74. The lowest BCUT2D eigenvalue weighted by molar-refractivity contribution is 0.736. The number of nitrogens with one attached hydrogen (secondary N) is 1. The molecule has 0 spiro atoms. The summed E-state index contributed by atoms with van der Waals surface area (Å²) in [5, 5.41) is 6.11. The van der Waals surface area contributed by atoms with Crippen molar-refractivity contribution in [3.63, 3.8) is 0 Å². The first-order chi connectivity index (χ1) is 9.02. The zero-order chi connectivity index (χ0) is 13.7. The predicted octanol–water partition coefficient (Wildman–Crippen LogP) is -0.361. The summed E-state index contributed by atoms with van der Waals surface area (Å²) in [6.45, 7) is 5.00. The Labute approximate surface area is 108 Å². The quantitative estimate of drug-likeness (QED) is 0.760. The van der Waals surface area contributed by atoms with Crippen LogP contribution in [0.5, 0.6) is 0 Å². The van der Waals surface area contributed by atoms with Gasteiger partial charge in [0.2, 0.25) is 5.95 Å². The molecule has 0 atom stereocenters. The molecular weight excluding hydrogens is 248 g/mol. The number of H-pyrrole nitrogens is 1. The highest BCUT2D eigenvalue weighted by molar-refractivity contribution is 5.87. The minimum Gasteiger partial charge on any atom is -0.297 e. The topological polar surface area (TPSA) is 88.3 Å². The molecule has 3 heterocycles. The summed E-state index contributed by atoms with van der Waals surface area (Å²) in [4.78, 5) is 30.3. The maximum absolute atomic E-state index is 12.0.